The molecule has 2 aromatic rings. The zero-order valence-corrected chi connectivity index (χ0v) is 19.6. The standard InChI is InChI=1S/C18H22N5O12P/c1-9(2)34-17(27)31-5-11-13(24)14(25)18(6-19,35-11)12-4-3-10-15(20-7-21-23(10)12)22-16(26)32-8-33-36(28,29)30/h3-4,7,9,11,13-14,24-25H,5,8H2,1-2H3,(H2,28,29,30)(H,20,21,22,26)/t11-,13-,14-,18+/m1/s1. The van der Waals surface area contributed by atoms with E-state index in [4.69, 9.17) is 24.0 Å². The Balaban J connectivity index is 1.81. The molecule has 0 bridgehead atoms. The van der Waals surface area contributed by atoms with Gasteiger partial charge in [0.15, 0.2) is 5.82 Å². The van der Waals surface area contributed by atoms with Crippen LogP contribution in [-0.4, -0.2) is 84.7 Å². The van der Waals surface area contributed by atoms with Gasteiger partial charge in [0.2, 0.25) is 12.4 Å². The summed E-state index contributed by atoms with van der Waals surface area (Å²) in [6.45, 7) is 1.63. The van der Waals surface area contributed by atoms with Crippen LogP contribution in [0.2, 0.25) is 0 Å². The topological polar surface area (TPSA) is 244 Å². The number of aliphatic hydroxyl groups is 2. The van der Waals surface area contributed by atoms with E-state index in [1.807, 2.05) is 6.07 Å². The van der Waals surface area contributed by atoms with Gasteiger partial charge in [0.25, 0.3) is 0 Å². The molecule has 196 valence electrons. The molecule has 5 N–H and O–H groups in total. The van der Waals surface area contributed by atoms with Crippen LogP contribution in [0.25, 0.3) is 5.52 Å². The molecule has 3 heterocycles. The number of ether oxygens (including phenoxy) is 4. The van der Waals surface area contributed by atoms with Crippen molar-refractivity contribution in [2.24, 2.45) is 0 Å². The fraction of sp³-hybridized carbons (Fsp3) is 0.500. The minimum atomic E-state index is -4.86. The predicted octanol–water partition coefficient (Wildman–Crippen LogP) is -0.254. The molecular weight excluding hydrogens is 509 g/mol. The first-order valence-corrected chi connectivity index (χ1v) is 11.7. The van der Waals surface area contributed by atoms with Gasteiger partial charge in [0.1, 0.15) is 42.8 Å². The number of nitrogens with one attached hydrogen (secondary N) is 1. The number of aromatic nitrogens is 3. The van der Waals surface area contributed by atoms with E-state index in [1.54, 1.807) is 13.8 Å². The zero-order valence-electron chi connectivity index (χ0n) is 18.7. The van der Waals surface area contributed by atoms with Crippen molar-refractivity contribution in [2.75, 3.05) is 18.7 Å². The van der Waals surface area contributed by atoms with E-state index in [0.717, 1.165) is 10.8 Å². The number of hydrogen-bond acceptors (Lipinski definition) is 13. The Hall–Kier alpha value is -3.36. The second-order valence-corrected chi connectivity index (χ2v) is 8.82. The third-order valence-electron chi connectivity index (χ3n) is 4.79. The highest BCUT2D eigenvalue weighted by atomic mass is 31.2. The predicted molar refractivity (Wildman–Crippen MR) is 113 cm³/mol. The summed E-state index contributed by atoms with van der Waals surface area (Å²) in [6.07, 6.45) is -6.40. The normalized spacial score (nSPS) is 23.9. The smallest absolute Gasteiger partial charge is 0.432 e. The highest BCUT2D eigenvalue weighted by Crippen LogP contribution is 2.40. The maximum absolute atomic E-state index is 11.9. The van der Waals surface area contributed by atoms with Gasteiger partial charge in [-0.1, -0.05) is 0 Å². The van der Waals surface area contributed by atoms with Gasteiger partial charge in [0, 0.05) is 0 Å². The Morgan fingerprint density at radius 3 is 2.69 bits per heavy atom. The second-order valence-electron chi connectivity index (χ2n) is 7.59. The van der Waals surface area contributed by atoms with Crippen LogP contribution in [0.1, 0.15) is 19.5 Å². The van der Waals surface area contributed by atoms with Crippen LogP contribution in [0, 0.1) is 11.3 Å². The number of nitrogens with zero attached hydrogens (tertiary/aromatic N) is 4. The molecule has 3 rings (SSSR count). The van der Waals surface area contributed by atoms with Crippen molar-refractivity contribution in [1.82, 2.24) is 14.6 Å². The summed E-state index contributed by atoms with van der Waals surface area (Å²) in [5.41, 5.74) is -2.12. The highest BCUT2D eigenvalue weighted by molar-refractivity contribution is 7.46. The van der Waals surface area contributed by atoms with Crippen molar-refractivity contribution in [2.45, 2.75) is 43.9 Å². The van der Waals surface area contributed by atoms with Crippen molar-refractivity contribution < 1.29 is 57.6 Å². The summed E-state index contributed by atoms with van der Waals surface area (Å²) in [4.78, 5) is 44.7. The van der Waals surface area contributed by atoms with E-state index in [9.17, 15) is 29.6 Å². The quantitative estimate of drug-likeness (QED) is 0.167. The molecule has 1 aliphatic heterocycles. The number of fused-ring (bicyclic) bond motifs is 1. The number of hydrogen-bond donors (Lipinski definition) is 5. The lowest BCUT2D eigenvalue weighted by atomic mass is 9.92. The lowest BCUT2D eigenvalue weighted by Crippen LogP contribution is -2.41. The number of nitriles is 1. The lowest BCUT2D eigenvalue weighted by Gasteiger charge is -2.24. The van der Waals surface area contributed by atoms with Gasteiger partial charge < -0.3 is 38.9 Å². The van der Waals surface area contributed by atoms with Crippen LogP contribution in [0.4, 0.5) is 15.4 Å². The molecule has 1 amide bonds. The number of phosphoric acid groups is 1. The average Bonchev–Trinajstić information content (AvgIpc) is 3.32. The third-order valence-corrected chi connectivity index (χ3v) is 5.23. The first kappa shape index (κ1) is 27.2. The number of amides is 1. The molecule has 1 fully saturated rings. The molecular formula is C18H22N5O12P. The van der Waals surface area contributed by atoms with E-state index in [2.05, 4.69) is 24.7 Å². The van der Waals surface area contributed by atoms with Gasteiger partial charge >= 0.3 is 20.1 Å². The fourth-order valence-electron chi connectivity index (χ4n) is 3.29. The molecule has 17 nitrogen and oxygen atoms in total. The van der Waals surface area contributed by atoms with E-state index < -0.39 is 63.5 Å². The largest absolute Gasteiger partial charge is 0.508 e. The third kappa shape index (κ3) is 5.88. The van der Waals surface area contributed by atoms with Crippen molar-refractivity contribution >= 4 is 31.4 Å². The summed E-state index contributed by atoms with van der Waals surface area (Å²) >= 11 is 0. The molecule has 2 aromatic heterocycles. The Labute approximate surface area is 202 Å². The number of rotatable bonds is 8. The van der Waals surface area contributed by atoms with E-state index in [0.29, 0.717) is 0 Å². The summed E-state index contributed by atoms with van der Waals surface area (Å²) in [6, 6.07) is 4.51. The first-order chi connectivity index (χ1) is 16.9. The Morgan fingerprint density at radius 1 is 1.33 bits per heavy atom. The molecule has 18 heteroatoms. The maximum atomic E-state index is 11.9. The van der Waals surface area contributed by atoms with Crippen LogP contribution < -0.4 is 5.32 Å². The number of aliphatic hydroxyl groups excluding tert-OH is 2. The SMILES string of the molecule is CC(C)OC(=O)OC[C@H]1O[C@@](C#N)(c2ccc3c(NC(=O)OCOP(=O)(O)O)ncnn23)[C@H](O)[C@@H]1O. The van der Waals surface area contributed by atoms with Crippen LogP contribution in [-0.2, 0) is 33.6 Å². The molecule has 36 heavy (non-hydrogen) atoms. The van der Waals surface area contributed by atoms with E-state index >= 15 is 0 Å². The lowest BCUT2D eigenvalue weighted by molar-refractivity contribution is -0.0737. The number of carbonyl (C=O) groups excluding carboxylic acids is 2. The van der Waals surface area contributed by atoms with Crippen molar-refractivity contribution in [3.63, 3.8) is 0 Å². The van der Waals surface area contributed by atoms with Gasteiger partial charge in [-0.2, -0.15) is 10.4 Å². The summed E-state index contributed by atoms with van der Waals surface area (Å²) in [5.74, 6) is -0.144. The molecule has 4 atom stereocenters. The molecule has 1 aliphatic rings. The summed E-state index contributed by atoms with van der Waals surface area (Å²) < 4.78 is 35.6. The monoisotopic (exact) mass is 531 g/mol. The van der Waals surface area contributed by atoms with Crippen LogP contribution in [0.3, 0.4) is 0 Å². The summed E-state index contributed by atoms with van der Waals surface area (Å²) in [5, 5.41) is 37.3. The number of carbonyl (C=O) groups is 2. The molecule has 0 spiro atoms. The van der Waals surface area contributed by atoms with E-state index in [1.165, 1.54) is 12.1 Å². The molecule has 0 saturated carbocycles. The Bertz CT molecular complexity index is 1210. The average molecular weight is 531 g/mol. The molecule has 0 aliphatic carbocycles. The van der Waals surface area contributed by atoms with Crippen LogP contribution in [0.5, 0.6) is 0 Å². The fourth-order valence-corrected chi connectivity index (χ4v) is 3.48. The Kier molecular flexibility index (Phi) is 8.11. The van der Waals surface area contributed by atoms with Gasteiger partial charge in [0.05, 0.1) is 11.8 Å². The zero-order chi connectivity index (χ0) is 26.7. The number of phosphoric ester groups is 1. The van der Waals surface area contributed by atoms with Crippen molar-refractivity contribution in [3.05, 3.63) is 24.2 Å². The molecule has 0 radical (unpaired) electrons. The van der Waals surface area contributed by atoms with Gasteiger partial charge in [-0.25, -0.2) is 28.2 Å². The van der Waals surface area contributed by atoms with Crippen LogP contribution in [0.15, 0.2) is 18.5 Å². The number of anilines is 1. The Morgan fingerprint density at radius 2 is 2.06 bits per heavy atom. The van der Waals surface area contributed by atoms with Gasteiger partial charge in [-0.05, 0) is 26.0 Å². The second kappa shape index (κ2) is 10.7. The van der Waals surface area contributed by atoms with Gasteiger partial charge in [-0.3, -0.25) is 5.32 Å². The van der Waals surface area contributed by atoms with Crippen molar-refractivity contribution in [3.8, 4) is 6.07 Å². The molecule has 1 saturated heterocycles. The molecule has 0 aromatic carbocycles. The van der Waals surface area contributed by atoms with Crippen LogP contribution >= 0.6 is 7.82 Å². The molecule has 0 unspecified atom stereocenters. The van der Waals surface area contributed by atoms with Crippen molar-refractivity contribution in [1.29, 1.82) is 5.26 Å². The summed E-state index contributed by atoms with van der Waals surface area (Å²) in [7, 11) is -4.86. The highest BCUT2D eigenvalue weighted by Gasteiger charge is 2.58. The maximum Gasteiger partial charge on any atom is 0.508 e. The first-order valence-electron chi connectivity index (χ1n) is 10.1. The minimum absolute atomic E-state index is 0.0533. The van der Waals surface area contributed by atoms with Gasteiger partial charge in [-0.15, -0.1) is 0 Å². The van der Waals surface area contributed by atoms with E-state index in [-0.39, 0.29) is 17.0 Å². The minimum Gasteiger partial charge on any atom is -0.432 e.